The van der Waals surface area contributed by atoms with Crippen molar-refractivity contribution in [2.45, 2.75) is 144 Å². The number of allylic oxidation sites excluding steroid dienone is 1. The lowest BCUT2D eigenvalue weighted by Gasteiger charge is -2.63. The van der Waals surface area contributed by atoms with Gasteiger partial charge in [-0.1, -0.05) is 64.8 Å². The third-order valence-corrected chi connectivity index (χ3v) is 14.2. The minimum Gasteiger partial charge on any atom is -0.469 e. The summed E-state index contributed by atoms with van der Waals surface area (Å²) in [4.78, 5) is 36.8. The molecule has 0 bridgehead atoms. The van der Waals surface area contributed by atoms with E-state index in [0.717, 1.165) is 50.5 Å². The van der Waals surface area contributed by atoms with E-state index in [2.05, 4.69) is 52.9 Å². The number of methoxy groups -OCH3 is 2. The van der Waals surface area contributed by atoms with Crippen molar-refractivity contribution in [3.05, 3.63) is 23.3 Å². The number of fused-ring (bicyclic) bond motifs is 4. The summed E-state index contributed by atoms with van der Waals surface area (Å²) in [5.41, 5.74) is 1.63. The van der Waals surface area contributed by atoms with Crippen molar-refractivity contribution in [3.63, 3.8) is 0 Å². The summed E-state index contributed by atoms with van der Waals surface area (Å²) in [6, 6.07) is 0. The van der Waals surface area contributed by atoms with Crippen LogP contribution in [0.5, 0.6) is 0 Å². The topological polar surface area (TPSA) is 119 Å². The summed E-state index contributed by atoms with van der Waals surface area (Å²) in [5.74, 6) is -0.604. The van der Waals surface area contributed by atoms with Crippen molar-refractivity contribution in [2.75, 3.05) is 14.2 Å². The molecule has 8 heteroatoms. The quantitative estimate of drug-likeness (QED) is 0.137. The van der Waals surface area contributed by atoms with Crippen molar-refractivity contribution in [1.82, 2.24) is 0 Å². The average molecular weight is 659 g/mol. The normalized spacial score (nSPS) is 36.9. The average Bonchev–Trinajstić information content (AvgIpc) is 3.28. The second-order valence-corrected chi connectivity index (χ2v) is 17.1. The van der Waals surface area contributed by atoms with E-state index in [4.69, 9.17) is 9.47 Å². The number of esters is 3. The van der Waals surface area contributed by atoms with Crippen molar-refractivity contribution in [3.8, 4) is 0 Å². The van der Waals surface area contributed by atoms with Gasteiger partial charge in [-0.05, 0) is 100 Å². The van der Waals surface area contributed by atoms with Gasteiger partial charge in [-0.25, -0.2) is 0 Å². The van der Waals surface area contributed by atoms with Gasteiger partial charge in [0.1, 0.15) is 6.10 Å². The lowest BCUT2D eigenvalue weighted by molar-refractivity contribution is -0.175. The molecule has 2 saturated carbocycles. The maximum Gasteiger partial charge on any atom is 0.312 e. The van der Waals surface area contributed by atoms with Crippen molar-refractivity contribution in [1.29, 1.82) is 0 Å². The maximum atomic E-state index is 13.0. The van der Waals surface area contributed by atoms with Gasteiger partial charge in [-0.15, -0.1) is 0 Å². The first-order valence-corrected chi connectivity index (χ1v) is 17.8. The molecule has 47 heavy (non-hydrogen) atoms. The minimum atomic E-state index is -1.53. The molecule has 0 unspecified atom stereocenters. The van der Waals surface area contributed by atoms with Crippen LogP contribution in [0.25, 0.3) is 0 Å². The van der Waals surface area contributed by atoms with Gasteiger partial charge in [-0.2, -0.15) is 0 Å². The van der Waals surface area contributed by atoms with Gasteiger partial charge in [0.2, 0.25) is 0 Å². The van der Waals surface area contributed by atoms with Crippen LogP contribution < -0.4 is 0 Å². The summed E-state index contributed by atoms with van der Waals surface area (Å²) in [7, 11) is 2.68. The Hall–Kier alpha value is -2.19. The summed E-state index contributed by atoms with van der Waals surface area (Å²) in [6.45, 7) is 21.4. The summed E-state index contributed by atoms with van der Waals surface area (Å²) < 4.78 is 15.7. The Labute approximate surface area is 283 Å². The van der Waals surface area contributed by atoms with Crippen LogP contribution in [0.1, 0.15) is 126 Å². The van der Waals surface area contributed by atoms with E-state index in [-0.39, 0.29) is 58.4 Å². The summed E-state index contributed by atoms with van der Waals surface area (Å²) in [5, 5.41) is 22.8. The van der Waals surface area contributed by atoms with E-state index >= 15 is 0 Å². The molecule has 2 fully saturated rings. The monoisotopic (exact) mass is 658 g/mol. The van der Waals surface area contributed by atoms with Gasteiger partial charge >= 0.3 is 17.9 Å². The molecular weight excluding hydrogens is 596 g/mol. The van der Waals surface area contributed by atoms with E-state index in [1.54, 1.807) is 5.57 Å². The first kappa shape index (κ1) is 37.6. The number of rotatable bonds is 11. The highest BCUT2D eigenvalue weighted by atomic mass is 16.5. The number of aliphatic hydroxyl groups is 2. The van der Waals surface area contributed by atoms with Crippen LogP contribution in [0.2, 0.25) is 0 Å². The Balaban J connectivity index is 1.53. The SMILES string of the molecule is C=C(CC[C@@H](C)[C@H]1CC[C@@]2(C)C3=C(C[C@H](O)[C@]12C)[C@@]1(C)CC[C@@H](OC(=O)C[C@@](C)(O)CC(=O)OC)C(C)(C)[C@@H]1CC3)[C@H](C)C(=O)OC. The number of carbonyl (C=O) groups excluding carboxylic acids is 3. The Kier molecular flexibility index (Phi) is 10.6. The molecule has 0 spiro atoms. The minimum absolute atomic E-state index is 0.0953. The van der Waals surface area contributed by atoms with Crippen molar-refractivity contribution >= 4 is 17.9 Å². The zero-order valence-corrected chi connectivity index (χ0v) is 30.8. The fourth-order valence-corrected chi connectivity index (χ4v) is 11.0. The van der Waals surface area contributed by atoms with E-state index in [1.807, 2.05) is 6.92 Å². The zero-order valence-electron chi connectivity index (χ0n) is 30.8. The Morgan fingerprint density at radius 1 is 0.957 bits per heavy atom. The number of hydrogen-bond acceptors (Lipinski definition) is 8. The number of carbonyl (C=O) groups is 3. The highest BCUT2D eigenvalue weighted by molar-refractivity contribution is 5.75. The van der Waals surface area contributed by atoms with E-state index in [9.17, 15) is 24.6 Å². The maximum absolute atomic E-state index is 13.0. The molecule has 0 aromatic rings. The van der Waals surface area contributed by atoms with Gasteiger partial charge < -0.3 is 24.4 Å². The van der Waals surface area contributed by atoms with Crippen LogP contribution in [0.4, 0.5) is 0 Å². The molecule has 4 rings (SSSR count). The molecule has 266 valence electrons. The Bertz CT molecular complexity index is 1280. The van der Waals surface area contributed by atoms with E-state index < -0.39 is 23.6 Å². The molecule has 0 amide bonds. The van der Waals surface area contributed by atoms with Crippen molar-refractivity contribution in [2.24, 2.45) is 45.3 Å². The third-order valence-electron chi connectivity index (χ3n) is 14.2. The molecule has 4 aliphatic carbocycles. The van der Waals surface area contributed by atoms with Crippen LogP contribution in [0.15, 0.2) is 23.3 Å². The lowest BCUT2D eigenvalue weighted by atomic mass is 9.42. The van der Waals surface area contributed by atoms with Gasteiger partial charge in [0.05, 0.1) is 44.7 Å². The van der Waals surface area contributed by atoms with E-state index in [0.29, 0.717) is 24.7 Å². The number of aliphatic hydroxyl groups excluding tert-OH is 1. The van der Waals surface area contributed by atoms with Crippen molar-refractivity contribution < 1.29 is 38.8 Å². The lowest BCUT2D eigenvalue weighted by Crippen LogP contribution is -2.58. The Morgan fingerprint density at radius 2 is 1.60 bits per heavy atom. The second-order valence-electron chi connectivity index (χ2n) is 17.1. The second kappa shape index (κ2) is 13.3. The van der Waals surface area contributed by atoms with Gasteiger partial charge in [-0.3, -0.25) is 14.4 Å². The highest BCUT2D eigenvalue weighted by Crippen LogP contribution is 2.72. The summed E-state index contributed by atoms with van der Waals surface area (Å²) in [6.07, 6.45) is 6.79. The van der Waals surface area contributed by atoms with Crippen LogP contribution in [0, 0.1) is 45.3 Å². The number of hydrogen-bond donors (Lipinski definition) is 2. The van der Waals surface area contributed by atoms with Crippen LogP contribution in [0.3, 0.4) is 0 Å². The van der Waals surface area contributed by atoms with Gasteiger partial charge in [0.15, 0.2) is 0 Å². The largest absolute Gasteiger partial charge is 0.469 e. The molecule has 0 aromatic carbocycles. The van der Waals surface area contributed by atoms with Gasteiger partial charge in [0, 0.05) is 10.8 Å². The fraction of sp³-hybridized carbons (Fsp3) is 0.821. The molecule has 4 aliphatic rings. The standard InChI is InChI=1S/C39H62O8/c1-23(25(3)34(43)46-11)12-13-24(2)26-16-19-38(8)27-14-15-29-35(4,5)31(47-33(42)22-36(6,44)21-32(41)45-10)17-18-37(29,7)28(27)20-30(40)39(26,38)9/h24-26,29-31,40,44H,1,12-22H2,2-11H3/t24-,25+,26-,29+,30+,31-,36+,37-,38+,39+/m1/s1. The first-order valence-electron chi connectivity index (χ1n) is 17.8. The Morgan fingerprint density at radius 3 is 2.21 bits per heavy atom. The third kappa shape index (κ3) is 6.47. The van der Waals surface area contributed by atoms with Crippen LogP contribution >= 0.6 is 0 Å². The summed E-state index contributed by atoms with van der Waals surface area (Å²) >= 11 is 0. The van der Waals surface area contributed by atoms with Crippen LogP contribution in [-0.2, 0) is 28.6 Å². The predicted octanol–water partition coefficient (Wildman–Crippen LogP) is 7.10. The van der Waals surface area contributed by atoms with Crippen LogP contribution in [-0.4, -0.2) is 60.1 Å². The highest BCUT2D eigenvalue weighted by Gasteiger charge is 2.66. The van der Waals surface area contributed by atoms with Gasteiger partial charge in [0.25, 0.3) is 0 Å². The molecule has 0 radical (unpaired) electrons. The number of ether oxygens (including phenoxy) is 3. The molecule has 0 aromatic heterocycles. The predicted molar refractivity (Wildman–Crippen MR) is 181 cm³/mol. The molecule has 10 atom stereocenters. The smallest absolute Gasteiger partial charge is 0.312 e. The van der Waals surface area contributed by atoms with E-state index in [1.165, 1.54) is 26.7 Å². The fourth-order valence-electron chi connectivity index (χ4n) is 11.0. The molecule has 0 saturated heterocycles. The molecule has 0 heterocycles. The zero-order chi connectivity index (χ0) is 35.3. The molecule has 0 aliphatic heterocycles. The molecule has 2 N–H and O–H groups in total. The first-order chi connectivity index (χ1) is 21.7. The molecular formula is C39H62O8. The molecule has 8 nitrogen and oxygen atoms in total.